The minimum Gasteiger partial charge on any atom is -0.325 e. The second-order valence-electron chi connectivity index (χ2n) is 1.31. The van der Waals surface area contributed by atoms with Gasteiger partial charge in [-0.05, 0) is 0 Å². The molecule has 4 nitrogen and oxygen atoms in total. The van der Waals surface area contributed by atoms with E-state index in [1.165, 1.54) is 5.18 Å². The van der Waals surface area contributed by atoms with Gasteiger partial charge in [0.2, 0.25) is 0 Å². The lowest BCUT2D eigenvalue weighted by molar-refractivity contribution is -0.140. The third-order valence-corrected chi connectivity index (χ3v) is 0.652. The molecule has 6 heteroatoms. The van der Waals surface area contributed by atoms with E-state index in [2.05, 4.69) is 5.73 Å². The van der Waals surface area contributed by atoms with Crippen LogP contribution in [0, 0.1) is 4.91 Å². The van der Waals surface area contributed by atoms with E-state index in [0.29, 0.717) is 0 Å². The Morgan fingerprint density at radius 3 is 2.22 bits per heavy atom. The number of rotatable bonds is 2. The number of carbonyl (C=O) groups excluding carboxylic acids is 1. The van der Waals surface area contributed by atoms with Crippen LogP contribution in [0.5, 0.6) is 0 Å². The van der Waals surface area contributed by atoms with Crippen LogP contribution in [0.2, 0.25) is 0 Å². The standard InChI is InChI=1S/C3H4F2N2O2/c4-3(5,1-6)2(8)7-9/h1,6H2. The van der Waals surface area contributed by atoms with E-state index in [0.717, 1.165) is 0 Å². The first-order valence-corrected chi connectivity index (χ1v) is 2.00. The number of amides is 1. The van der Waals surface area contributed by atoms with E-state index in [1.807, 2.05) is 0 Å². The molecule has 0 aromatic heterocycles. The van der Waals surface area contributed by atoms with Crippen molar-refractivity contribution in [2.24, 2.45) is 10.9 Å². The summed E-state index contributed by atoms with van der Waals surface area (Å²) in [5, 5.41) is 1.51. The predicted octanol–water partition coefficient (Wildman–Crippen LogP) is -0.127. The first-order valence-electron chi connectivity index (χ1n) is 2.00. The van der Waals surface area contributed by atoms with E-state index >= 15 is 0 Å². The number of alkyl halides is 2. The highest BCUT2D eigenvalue weighted by Gasteiger charge is 2.38. The average molecular weight is 138 g/mol. The van der Waals surface area contributed by atoms with Gasteiger partial charge in [-0.25, -0.2) is 0 Å². The molecular formula is C3H4F2N2O2. The molecular weight excluding hydrogens is 134 g/mol. The molecule has 0 aliphatic carbocycles. The largest absolute Gasteiger partial charge is 0.356 e. The molecule has 0 aromatic carbocycles. The fourth-order valence-corrected chi connectivity index (χ4v) is 0.154. The van der Waals surface area contributed by atoms with Crippen LogP contribution >= 0.6 is 0 Å². The Morgan fingerprint density at radius 1 is 1.67 bits per heavy atom. The molecule has 0 unspecified atom stereocenters. The summed E-state index contributed by atoms with van der Waals surface area (Å²) in [6, 6.07) is 0. The average Bonchev–Trinajstić information content (AvgIpc) is 1.86. The molecule has 0 bridgehead atoms. The highest BCUT2D eigenvalue weighted by molar-refractivity contribution is 5.84. The molecule has 2 N–H and O–H groups in total. The zero-order valence-corrected chi connectivity index (χ0v) is 4.30. The van der Waals surface area contributed by atoms with Crippen molar-refractivity contribution in [1.29, 1.82) is 0 Å². The van der Waals surface area contributed by atoms with Crippen molar-refractivity contribution in [3.05, 3.63) is 4.91 Å². The molecule has 52 valence electrons. The molecule has 0 saturated carbocycles. The molecule has 0 saturated heterocycles. The summed E-state index contributed by atoms with van der Waals surface area (Å²) in [4.78, 5) is 18.9. The van der Waals surface area contributed by atoms with Crippen LogP contribution in [-0.2, 0) is 4.79 Å². The normalized spacial score (nSPS) is 11.0. The van der Waals surface area contributed by atoms with E-state index in [-0.39, 0.29) is 0 Å². The molecule has 0 aromatic rings. The van der Waals surface area contributed by atoms with Crippen LogP contribution in [0.4, 0.5) is 8.78 Å². The zero-order chi connectivity index (χ0) is 7.49. The number of carbonyl (C=O) groups is 1. The van der Waals surface area contributed by atoms with Crippen molar-refractivity contribution in [2.75, 3.05) is 6.54 Å². The van der Waals surface area contributed by atoms with Gasteiger partial charge in [0, 0.05) is 5.18 Å². The maximum atomic E-state index is 11.8. The van der Waals surface area contributed by atoms with Crippen molar-refractivity contribution >= 4 is 5.91 Å². The predicted molar refractivity (Wildman–Crippen MR) is 24.8 cm³/mol. The van der Waals surface area contributed by atoms with Gasteiger partial charge in [-0.2, -0.15) is 8.78 Å². The summed E-state index contributed by atoms with van der Waals surface area (Å²) < 4.78 is 23.6. The van der Waals surface area contributed by atoms with Crippen LogP contribution in [0.1, 0.15) is 0 Å². The molecule has 0 aliphatic rings. The van der Waals surface area contributed by atoms with Crippen molar-refractivity contribution in [1.82, 2.24) is 0 Å². The molecule has 0 atom stereocenters. The smallest absolute Gasteiger partial charge is 0.325 e. The number of nitrogens with two attached hydrogens (primary N) is 1. The lowest BCUT2D eigenvalue weighted by Crippen LogP contribution is -2.35. The fourth-order valence-electron chi connectivity index (χ4n) is 0.154. The van der Waals surface area contributed by atoms with Crippen molar-refractivity contribution in [3.63, 3.8) is 0 Å². The minimum absolute atomic E-state index is 1.18. The first-order chi connectivity index (χ1) is 4.04. The van der Waals surface area contributed by atoms with Crippen molar-refractivity contribution in [2.45, 2.75) is 5.92 Å². The second kappa shape index (κ2) is 2.58. The van der Waals surface area contributed by atoms with Crippen LogP contribution in [0.3, 0.4) is 0 Å². The minimum atomic E-state index is -3.79. The van der Waals surface area contributed by atoms with Gasteiger partial charge in [0.05, 0.1) is 6.54 Å². The van der Waals surface area contributed by atoms with Crippen molar-refractivity contribution < 1.29 is 13.6 Å². The SMILES string of the molecule is NCC(F)(F)C(=O)N=O. The molecule has 0 fully saturated rings. The third kappa shape index (κ3) is 1.80. The Kier molecular flexibility index (Phi) is 2.32. The molecule has 0 spiro atoms. The Hall–Kier alpha value is -0.910. The summed E-state index contributed by atoms with van der Waals surface area (Å²) in [7, 11) is 0. The van der Waals surface area contributed by atoms with Gasteiger partial charge in [0.15, 0.2) is 0 Å². The Labute approximate surface area is 49.0 Å². The number of halogens is 2. The number of hydrogen-bond donors (Lipinski definition) is 1. The van der Waals surface area contributed by atoms with Crippen LogP contribution < -0.4 is 5.73 Å². The fraction of sp³-hybridized carbons (Fsp3) is 0.667. The molecule has 0 rings (SSSR count). The highest BCUT2D eigenvalue weighted by atomic mass is 19.3. The lowest BCUT2D eigenvalue weighted by Gasteiger charge is -2.04. The zero-order valence-electron chi connectivity index (χ0n) is 4.30. The Morgan fingerprint density at radius 2 is 2.11 bits per heavy atom. The Bertz CT molecular complexity index is 136. The van der Waals surface area contributed by atoms with E-state index < -0.39 is 18.4 Å². The molecule has 9 heavy (non-hydrogen) atoms. The summed E-state index contributed by atoms with van der Waals surface area (Å²) in [5.41, 5.74) is 4.41. The van der Waals surface area contributed by atoms with E-state index in [4.69, 9.17) is 0 Å². The molecule has 0 aliphatic heterocycles. The van der Waals surface area contributed by atoms with E-state index in [1.54, 1.807) is 0 Å². The maximum absolute atomic E-state index is 11.8. The van der Waals surface area contributed by atoms with Gasteiger partial charge in [-0.1, -0.05) is 0 Å². The summed E-state index contributed by atoms with van der Waals surface area (Å²) in [6.07, 6.45) is 0. The Balaban J connectivity index is 4.13. The summed E-state index contributed by atoms with van der Waals surface area (Å²) in [5.74, 6) is -5.81. The van der Waals surface area contributed by atoms with Crippen LogP contribution in [0.25, 0.3) is 0 Å². The van der Waals surface area contributed by atoms with E-state index in [9.17, 15) is 18.5 Å². The molecule has 0 heterocycles. The summed E-state index contributed by atoms with van der Waals surface area (Å²) in [6.45, 7) is -1.18. The van der Waals surface area contributed by atoms with Crippen molar-refractivity contribution in [3.8, 4) is 0 Å². The number of hydrogen-bond acceptors (Lipinski definition) is 3. The third-order valence-electron chi connectivity index (χ3n) is 0.652. The van der Waals surface area contributed by atoms with Gasteiger partial charge in [0.1, 0.15) is 0 Å². The quantitative estimate of drug-likeness (QED) is 0.540. The molecule has 1 amide bonds. The monoisotopic (exact) mass is 138 g/mol. The first kappa shape index (κ1) is 8.09. The number of nitrogens with zero attached hydrogens (tertiary/aromatic N) is 1. The van der Waals surface area contributed by atoms with Gasteiger partial charge >= 0.3 is 11.8 Å². The van der Waals surface area contributed by atoms with Gasteiger partial charge in [-0.15, -0.1) is 4.91 Å². The lowest BCUT2D eigenvalue weighted by atomic mass is 10.3. The number of nitroso groups, excluding NO2 is 1. The van der Waals surface area contributed by atoms with Gasteiger partial charge in [0.25, 0.3) is 0 Å². The van der Waals surface area contributed by atoms with Crippen LogP contribution in [0.15, 0.2) is 5.18 Å². The summed E-state index contributed by atoms with van der Waals surface area (Å²) >= 11 is 0. The topological polar surface area (TPSA) is 72.5 Å². The van der Waals surface area contributed by atoms with Gasteiger partial charge < -0.3 is 5.73 Å². The second-order valence-corrected chi connectivity index (χ2v) is 1.31. The maximum Gasteiger partial charge on any atom is 0.356 e. The van der Waals surface area contributed by atoms with Crippen LogP contribution in [-0.4, -0.2) is 18.4 Å². The highest BCUT2D eigenvalue weighted by Crippen LogP contribution is 2.12. The van der Waals surface area contributed by atoms with Gasteiger partial charge in [-0.3, -0.25) is 4.79 Å². The molecule has 0 radical (unpaired) electrons.